The van der Waals surface area contributed by atoms with Crippen LogP contribution in [0.1, 0.15) is 29.5 Å². The minimum Gasteiger partial charge on any atom is -0.491 e. The number of aliphatic hydroxyl groups is 4. The first-order valence-corrected chi connectivity index (χ1v) is 10.9. The molecule has 10 heteroatoms. The normalized spacial score (nSPS) is 13.8. The number of hydrogen-bond donors (Lipinski definition) is 5. The first-order chi connectivity index (χ1) is 16.8. The number of fused-ring (bicyclic) bond motifs is 2. The number of aliphatic hydroxyl groups excluding tert-OH is 4. The molecule has 2 aromatic carbocycles. The van der Waals surface area contributed by atoms with E-state index in [0.717, 1.165) is 0 Å². The molecule has 186 valence electrons. The molecule has 0 aliphatic carbocycles. The van der Waals surface area contributed by atoms with Crippen molar-refractivity contribution < 1.29 is 44.6 Å². The number of rotatable bonds is 11. The molecule has 0 unspecified atom stereocenters. The van der Waals surface area contributed by atoms with Gasteiger partial charge < -0.3 is 39.9 Å². The van der Waals surface area contributed by atoms with E-state index in [1.165, 1.54) is 4.90 Å². The molecule has 2 aromatic rings. The number of carbonyl (C=O) groups is 2. The third kappa shape index (κ3) is 7.18. The number of benzene rings is 2. The molecule has 1 aliphatic heterocycles. The Morgan fingerprint density at radius 1 is 0.886 bits per heavy atom. The number of hydrogen-bond acceptors (Lipinski definition) is 8. The van der Waals surface area contributed by atoms with Crippen molar-refractivity contribution in [2.45, 2.75) is 31.6 Å². The van der Waals surface area contributed by atoms with E-state index < -0.39 is 37.3 Å². The van der Waals surface area contributed by atoms with Crippen LogP contribution in [0.5, 0.6) is 11.5 Å². The standard InChI is InChI=1S/C25H27NO9/c27-12-19(29)14-34-21-5-3-16-1-2-17-4-6-22(35-15-20(30)13-28)10-23(17)26(11-18(16)9-21)24(31)7-8-25(32)33/h3-6,9-10,19-20,27-30H,7-8,11-15H2,(H,32,33)/t19-,20-/m0/s1. The van der Waals surface area contributed by atoms with Gasteiger partial charge in [-0.05, 0) is 35.9 Å². The summed E-state index contributed by atoms with van der Waals surface area (Å²) in [5.41, 5.74) is 2.23. The van der Waals surface area contributed by atoms with E-state index in [9.17, 15) is 19.8 Å². The van der Waals surface area contributed by atoms with E-state index in [2.05, 4.69) is 11.8 Å². The summed E-state index contributed by atoms with van der Waals surface area (Å²) >= 11 is 0. The first kappa shape index (κ1) is 26.0. The topological polar surface area (TPSA) is 157 Å². The lowest BCUT2D eigenvalue weighted by Gasteiger charge is -2.27. The molecule has 35 heavy (non-hydrogen) atoms. The highest BCUT2D eigenvalue weighted by Gasteiger charge is 2.23. The third-order valence-corrected chi connectivity index (χ3v) is 5.16. The van der Waals surface area contributed by atoms with Crippen LogP contribution in [0.3, 0.4) is 0 Å². The second-order valence-electron chi connectivity index (χ2n) is 7.92. The predicted molar refractivity (Wildman–Crippen MR) is 124 cm³/mol. The molecule has 1 heterocycles. The van der Waals surface area contributed by atoms with Crippen molar-refractivity contribution in [1.82, 2.24) is 0 Å². The number of aliphatic carboxylic acids is 1. The van der Waals surface area contributed by atoms with Gasteiger partial charge >= 0.3 is 5.97 Å². The van der Waals surface area contributed by atoms with E-state index in [1.54, 1.807) is 36.4 Å². The van der Waals surface area contributed by atoms with Crippen LogP contribution in [-0.4, -0.2) is 76.0 Å². The molecule has 0 aromatic heterocycles. The van der Waals surface area contributed by atoms with Gasteiger partial charge in [0.05, 0.1) is 31.9 Å². The SMILES string of the molecule is O=C(O)CCC(=O)N1Cc2cc(OC[C@@H](O)CO)ccc2C#Cc2ccc(OC[C@@H](O)CO)cc21. The number of carbonyl (C=O) groups excluding carboxylic acids is 1. The van der Waals surface area contributed by atoms with Gasteiger partial charge in [-0.25, -0.2) is 0 Å². The Hall–Kier alpha value is -3.62. The number of carboxylic acid groups (broad SMARTS) is 1. The van der Waals surface area contributed by atoms with Crippen LogP contribution in [0.25, 0.3) is 0 Å². The van der Waals surface area contributed by atoms with Gasteiger partial charge in [-0.2, -0.15) is 0 Å². The Morgan fingerprint density at radius 2 is 1.46 bits per heavy atom. The molecular formula is C25H27NO9. The molecule has 1 aliphatic rings. The maximum absolute atomic E-state index is 13.1. The second-order valence-corrected chi connectivity index (χ2v) is 7.92. The van der Waals surface area contributed by atoms with E-state index >= 15 is 0 Å². The molecular weight excluding hydrogens is 458 g/mol. The minimum absolute atomic E-state index is 0.0674. The highest BCUT2D eigenvalue weighted by atomic mass is 16.5. The smallest absolute Gasteiger partial charge is 0.303 e. The Labute approximate surface area is 202 Å². The zero-order valence-corrected chi connectivity index (χ0v) is 18.9. The Morgan fingerprint density at radius 3 is 2.06 bits per heavy atom. The molecule has 0 bridgehead atoms. The highest BCUT2D eigenvalue weighted by molar-refractivity contribution is 5.96. The van der Waals surface area contributed by atoms with Gasteiger partial charge in [-0.3, -0.25) is 9.59 Å². The van der Waals surface area contributed by atoms with Crippen LogP contribution in [-0.2, 0) is 16.1 Å². The van der Waals surface area contributed by atoms with Crippen LogP contribution >= 0.6 is 0 Å². The van der Waals surface area contributed by atoms with Gasteiger partial charge in [0.25, 0.3) is 0 Å². The maximum atomic E-state index is 13.1. The Kier molecular flexibility index (Phi) is 9.05. The van der Waals surface area contributed by atoms with Crippen molar-refractivity contribution in [2.24, 2.45) is 0 Å². The Bertz CT molecular complexity index is 1120. The zero-order valence-electron chi connectivity index (χ0n) is 18.9. The number of amides is 1. The highest BCUT2D eigenvalue weighted by Crippen LogP contribution is 2.31. The quantitative estimate of drug-likeness (QED) is 0.282. The summed E-state index contributed by atoms with van der Waals surface area (Å²) in [6.07, 6.45) is -2.69. The van der Waals surface area contributed by atoms with Crippen LogP contribution in [0.15, 0.2) is 36.4 Å². The summed E-state index contributed by atoms with van der Waals surface area (Å²) in [5.74, 6) is 5.32. The van der Waals surface area contributed by atoms with Crippen molar-refractivity contribution in [3.63, 3.8) is 0 Å². The van der Waals surface area contributed by atoms with Gasteiger partial charge in [0.2, 0.25) is 5.91 Å². The van der Waals surface area contributed by atoms with Crippen LogP contribution in [0.2, 0.25) is 0 Å². The van der Waals surface area contributed by atoms with E-state index in [0.29, 0.717) is 33.9 Å². The fraction of sp³-hybridized carbons (Fsp3) is 0.360. The number of anilines is 1. The summed E-state index contributed by atoms with van der Waals surface area (Å²) in [5, 5.41) is 46.2. The second kappa shape index (κ2) is 12.2. The van der Waals surface area contributed by atoms with Crippen molar-refractivity contribution in [1.29, 1.82) is 0 Å². The lowest BCUT2D eigenvalue weighted by atomic mass is 10.0. The molecule has 2 atom stereocenters. The summed E-state index contributed by atoms with van der Waals surface area (Å²) in [6.45, 7) is -1.12. The molecule has 10 nitrogen and oxygen atoms in total. The monoisotopic (exact) mass is 485 g/mol. The molecule has 5 N–H and O–H groups in total. The van der Waals surface area contributed by atoms with Crippen molar-refractivity contribution in [3.05, 3.63) is 53.1 Å². The summed E-state index contributed by atoms with van der Waals surface area (Å²) in [4.78, 5) is 25.6. The van der Waals surface area contributed by atoms with Crippen molar-refractivity contribution in [2.75, 3.05) is 31.3 Å². The Balaban J connectivity index is 1.97. The largest absolute Gasteiger partial charge is 0.491 e. The van der Waals surface area contributed by atoms with Crippen molar-refractivity contribution >= 4 is 17.6 Å². The van der Waals surface area contributed by atoms with Crippen LogP contribution < -0.4 is 14.4 Å². The van der Waals surface area contributed by atoms with E-state index in [4.69, 9.17) is 24.8 Å². The van der Waals surface area contributed by atoms with Gasteiger partial charge in [0.1, 0.15) is 36.9 Å². The predicted octanol–water partition coefficient (Wildman–Crippen LogP) is 0.262. The average molecular weight is 485 g/mol. The summed E-state index contributed by atoms with van der Waals surface area (Å²) in [6, 6.07) is 9.94. The van der Waals surface area contributed by atoms with E-state index in [1.807, 2.05) is 0 Å². The van der Waals surface area contributed by atoms with E-state index in [-0.39, 0.29) is 32.6 Å². The number of carboxylic acids is 1. The summed E-state index contributed by atoms with van der Waals surface area (Å²) < 4.78 is 11.0. The van der Waals surface area contributed by atoms with Gasteiger partial charge in [0.15, 0.2) is 0 Å². The van der Waals surface area contributed by atoms with Gasteiger partial charge in [0, 0.05) is 23.6 Å². The molecule has 0 saturated carbocycles. The molecule has 3 rings (SSSR count). The van der Waals surface area contributed by atoms with Crippen LogP contribution in [0, 0.1) is 11.8 Å². The molecule has 0 spiro atoms. The lowest BCUT2D eigenvalue weighted by molar-refractivity contribution is -0.138. The maximum Gasteiger partial charge on any atom is 0.303 e. The average Bonchev–Trinajstić information content (AvgIpc) is 2.85. The lowest BCUT2D eigenvalue weighted by Crippen LogP contribution is -2.32. The third-order valence-electron chi connectivity index (χ3n) is 5.16. The number of nitrogens with zero attached hydrogens (tertiary/aromatic N) is 1. The van der Waals surface area contributed by atoms with Gasteiger partial charge in [-0.1, -0.05) is 11.8 Å². The molecule has 0 radical (unpaired) electrons. The van der Waals surface area contributed by atoms with Crippen LogP contribution in [0.4, 0.5) is 5.69 Å². The summed E-state index contributed by atoms with van der Waals surface area (Å²) in [7, 11) is 0. The molecule has 0 fully saturated rings. The van der Waals surface area contributed by atoms with Crippen molar-refractivity contribution in [3.8, 4) is 23.3 Å². The van der Waals surface area contributed by atoms with Gasteiger partial charge in [-0.15, -0.1) is 0 Å². The fourth-order valence-electron chi connectivity index (χ4n) is 3.29. The zero-order chi connectivity index (χ0) is 25.4. The minimum atomic E-state index is -1.10. The number of ether oxygens (including phenoxy) is 2. The first-order valence-electron chi connectivity index (χ1n) is 10.9. The fourth-order valence-corrected chi connectivity index (χ4v) is 3.29. The molecule has 0 saturated heterocycles. The molecule has 1 amide bonds.